The fourth-order valence-corrected chi connectivity index (χ4v) is 0.181. The van der Waals surface area contributed by atoms with E-state index < -0.39 is 4.87 Å². The minimum absolute atomic E-state index is 0.519. The molecule has 0 aromatic carbocycles. The lowest BCUT2D eigenvalue weighted by Gasteiger charge is -2.03. The summed E-state index contributed by atoms with van der Waals surface area (Å²) in [5.74, 6) is 0. The molecule has 0 saturated carbocycles. The van der Waals surface area contributed by atoms with Crippen molar-refractivity contribution in [3.05, 3.63) is 0 Å². The van der Waals surface area contributed by atoms with E-state index >= 15 is 0 Å². The van der Waals surface area contributed by atoms with Crippen molar-refractivity contribution in [2.24, 2.45) is 5.16 Å². The molecule has 0 heterocycles. The van der Waals surface area contributed by atoms with E-state index in [9.17, 15) is 0 Å². The van der Waals surface area contributed by atoms with Crippen LogP contribution >= 0.6 is 11.6 Å². The van der Waals surface area contributed by atoms with Crippen LogP contribution in [-0.2, 0) is 0 Å². The van der Waals surface area contributed by atoms with E-state index in [0.717, 1.165) is 0 Å². The third kappa shape index (κ3) is 5.76. The zero-order valence-corrected chi connectivity index (χ0v) is 5.11. The average Bonchev–Trinajstić information content (AvgIpc) is 1.30. The molecule has 0 unspecified atom stereocenters. The monoisotopic (exact) mass is 121 g/mol. The van der Waals surface area contributed by atoms with Gasteiger partial charge in [-0.15, -0.1) is 16.8 Å². The predicted molar refractivity (Wildman–Crippen MR) is 30.2 cm³/mol. The molecule has 1 N–H and O–H groups in total. The Kier molecular flexibility index (Phi) is 2.09. The fraction of sp³-hybridized carbons (Fsp3) is 0.750. The number of hydrogen-bond acceptors (Lipinski definition) is 2. The number of hydrogen-bond donors (Lipinski definition) is 1. The number of alkyl halides is 1. The molecule has 0 spiro atoms. The van der Waals surface area contributed by atoms with E-state index in [1.807, 2.05) is 0 Å². The van der Waals surface area contributed by atoms with E-state index in [-0.39, 0.29) is 0 Å². The summed E-state index contributed by atoms with van der Waals surface area (Å²) in [5, 5.41) is 10.6. The highest BCUT2D eigenvalue weighted by atomic mass is 35.5. The van der Waals surface area contributed by atoms with Crippen LogP contribution in [0.4, 0.5) is 0 Å². The van der Waals surface area contributed by atoms with Gasteiger partial charge in [-0.1, -0.05) is 0 Å². The van der Waals surface area contributed by atoms with E-state index in [1.54, 1.807) is 13.8 Å². The molecule has 0 aromatic heterocycles. The van der Waals surface area contributed by atoms with Gasteiger partial charge in [0.25, 0.3) is 0 Å². The first-order valence-corrected chi connectivity index (χ1v) is 2.31. The molecule has 3 heteroatoms. The summed E-state index contributed by atoms with van der Waals surface area (Å²) < 4.78 is 0. The molecule has 0 bridgehead atoms. The maximum Gasteiger partial charge on any atom is 0.0773 e. The molecule has 0 aliphatic rings. The normalized spacial score (nSPS) is 13.0. The second-order valence-corrected chi connectivity index (χ2v) is 2.78. The van der Waals surface area contributed by atoms with Crippen molar-refractivity contribution in [3.63, 3.8) is 0 Å². The highest BCUT2D eigenvalue weighted by molar-refractivity contribution is 6.31. The van der Waals surface area contributed by atoms with E-state index in [1.165, 1.54) is 6.21 Å². The van der Waals surface area contributed by atoms with Gasteiger partial charge >= 0.3 is 0 Å². The zero-order valence-electron chi connectivity index (χ0n) is 4.35. The van der Waals surface area contributed by atoms with Crippen LogP contribution in [0, 0.1) is 0 Å². The van der Waals surface area contributed by atoms with Crippen LogP contribution in [-0.4, -0.2) is 16.3 Å². The van der Waals surface area contributed by atoms with Crippen LogP contribution in [0.2, 0.25) is 0 Å². The van der Waals surface area contributed by atoms with Crippen molar-refractivity contribution in [1.82, 2.24) is 0 Å². The van der Waals surface area contributed by atoms with Crippen molar-refractivity contribution in [3.8, 4) is 0 Å². The highest BCUT2D eigenvalue weighted by Gasteiger charge is 2.07. The smallest absolute Gasteiger partial charge is 0.0773 e. The summed E-state index contributed by atoms with van der Waals surface area (Å²) in [6, 6.07) is 0. The molecule has 0 fully saturated rings. The predicted octanol–water partition coefficient (Wildman–Crippen LogP) is 1.46. The molecule has 0 aliphatic heterocycles. The first kappa shape index (κ1) is 6.76. The van der Waals surface area contributed by atoms with Gasteiger partial charge in [0, 0.05) is 0 Å². The molecule has 0 aliphatic carbocycles. The van der Waals surface area contributed by atoms with Gasteiger partial charge in [-0.25, -0.2) is 0 Å². The summed E-state index contributed by atoms with van der Waals surface area (Å²) in [7, 11) is 0. The van der Waals surface area contributed by atoms with Crippen molar-refractivity contribution in [1.29, 1.82) is 0 Å². The van der Waals surface area contributed by atoms with E-state index in [0.29, 0.717) is 0 Å². The lowest BCUT2D eigenvalue weighted by atomic mass is 10.2. The molecule has 0 amide bonds. The minimum Gasteiger partial charge on any atom is -0.411 e. The number of oxime groups is 1. The van der Waals surface area contributed by atoms with Crippen molar-refractivity contribution >= 4 is 17.8 Å². The Morgan fingerprint density at radius 2 is 2.14 bits per heavy atom. The Hall–Kier alpha value is -0.240. The Labute approximate surface area is 47.8 Å². The molecular weight excluding hydrogens is 114 g/mol. The molecule has 0 aromatic rings. The zero-order chi connectivity index (χ0) is 5.91. The van der Waals surface area contributed by atoms with Crippen LogP contribution < -0.4 is 0 Å². The van der Waals surface area contributed by atoms with Gasteiger partial charge in [0.2, 0.25) is 0 Å². The quantitative estimate of drug-likeness (QED) is 0.242. The van der Waals surface area contributed by atoms with Gasteiger partial charge in [0.05, 0.1) is 11.1 Å². The van der Waals surface area contributed by atoms with E-state index in [4.69, 9.17) is 16.8 Å². The highest BCUT2D eigenvalue weighted by Crippen LogP contribution is 2.07. The molecular formula is C4H8ClNO. The second-order valence-electron chi connectivity index (χ2n) is 1.81. The maximum atomic E-state index is 7.89. The fourth-order valence-electron chi connectivity index (χ4n) is 0.137. The Balaban J connectivity index is 3.56. The molecule has 7 heavy (non-hydrogen) atoms. The van der Waals surface area contributed by atoms with Crippen LogP contribution in [0.5, 0.6) is 0 Å². The third-order valence-electron chi connectivity index (χ3n) is 0.365. The largest absolute Gasteiger partial charge is 0.411 e. The Morgan fingerprint density at radius 1 is 1.71 bits per heavy atom. The molecule has 0 rings (SSSR count). The van der Waals surface area contributed by atoms with Crippen LogP contribution in [0.1, 0.15) is 13.8 Å². The lowest BCUT2D eigenvalue weighted by Crippen LogP contribution is -2.10. The van der Waals surface area contributed by atoms with Gasteiger partial charge in [-0.3, -0.25) is 0 Å². The lowest BCUT2D eigenvalue weighted by molar-refractivity contribution is 0.319. The van der Waals surface area contributed by atoms with Crippen molar-refractivity contribution < 1.29 is 5.21 Å². The molecule has 0 radical (unpaired) electrons. The second kappa shape index (κ2) is 2.17. The molecule has 0 atom stereocenters. The SMILES string of the molecule is CC(C)(Cl)/C=N\O. The Morgan fingerprint density at radius 3 is 2.14 bits per heavy atom. The summed E-state index contributed by atoms with van der Waals surface area (Å²) in [6.45, 7) is 3.46. The van der Waals surface area contributed by atoms with Crippen LogP contribution in [0.25, 0.3) is 0 Å². The van der Waals surface area contributed by atoms with E-state index in [2.05, 4.69) is 5.16 Å². The summed E-state index contributed by atoms with van der Waals surface area (Å²) in [5.41, 5.74) is 0. The third-order valence-corrected chi connectivity index (χ3v) is 0.462. The first-order chi connectivity index (χ1) is 3.06. The maximum absolute atomic E-state index is 7.89. The molecule has 42 valence electrons. The molecule has 0 saturated heterocycles. The number of nitrogens with zero attached hydrogens (tertiary/aromatic N) is 1. The topological polar surface area (TPSA) is 32.6 Å². The number of halogens is 1. The summed E-state index contributed by atoms with van der Waals surface area (Å²) in [6.07, 6.45) is 1.26. The molecule has 2 nitrogen and oxygen atoms in total. The van der Waals surface area contributed by atoms with Gasteiger partial charge in [0.1, 0.15) is 0 Å². The number of rotatable bonds is 1. The minimum atomic E-state index is -0.519. The van der Waals surface area contributed by atoms with Gasteiger partial charge < -0.3 is 5.21 Å². The van der Waals surface area contributed by atoms with Gasteiger partial charge in [-0.2, -0.15) is 0 Å². The summed E-state index contributed by atoms with van der Waals surface area (Å²) in [4.78, 5) is -0.519. The van der Waals surface area contributed by atoms with Crippen molar-refractivity contribution in [2.75, 3.05) is 0 Å². The van der Waals surface area contributed by atoms with Crippen LogP contribution in [0.3, 0.4) is 0 Å². The standard InChI is InChI=1S/C4H8ClNO/c1-4(2,5)3-6-7/h3,7H,1-2H3/b6-3-. The average molecular weight is 122 g/mol. The van der Waals surface area contributed by atoms with Gasteiger partial charge in [0.15, 0.2) is 0 Å². The Bertz CT molecular complexity index is 74.2. The van der Waals surface area contributed by atoms with Gasteiger partial charge in [-0.05, 0) is 13.8 Å². The van der Waals surface area contributed by atoms with Crippen molar-refractivity contribution in [2.45, 2.75) is 18.7 Å². The summed E-state index contributed by atoms with van der Waals surface area (Å²) >= 11 is 5.52. The van der Waals surface area contributed by atoms with Crippen LogP contribution in [0.15, 0.2) is 5.16 Å². The first-order valence-electron chi connectivity index (χ1n) is 1.94.